The highest BCUT2D eigenvalue weighted by molar-refractivity contribution is 5.94. The zero-order valence-corrected chi connectivity index (χ0v) is 12.8. The molecule has 2 fully saturated rings. The maximum Gasteiger partial charge on any atom is 0.251 e. The van der Waals surface area contributed by atoms with Crippen LogP contribution >= 0.6 is 0 Å². The molecule has 2 saturated heterocycles. The first-order valence-electron chi connectivity index (χ1n) is 8.06. The topological polar surface area (TPSA) is 44.4 Å². The summed E-state index contributed by atoms with van der Waals surface area (Å²) in [5, 5.41) is 6.60. The van der Waals surface area contributed by atoms with Crippen molar-refractivity contribution >= 4 is 5.91 Å². The van der Waals surface area contributed by atoms with E-state index in [0.717, 1.165) is 18.2 Å². The van der Waals surface area contributed by atoms with Crippen LogP contribution in [0.1, 0.15) is 35.2 Å². The molecule has 2 atom stereocenters. The van der Waals surface area contributed by atoms with Crippen LogP contribution in [-0.4, -0.2) is 49.1 Å². The van der Waals surface area contributed by atoms with Gasteiger partial charge in [-0.15, -0.1) is 0 Å². The van der Waals surface area contributed by atoms with Crippen molar-refractivity contribution in [3.8, 4) is 0 Å². The second-order valence-electron chi connectivity index (χ2n) is 6.22. The van der Waals surface area contributed by atoms with Crippen LogP contribution in [0.4, 0.5) is 0 Å². The second-order valence-corrected chi connectivity index (χ2v) is 6.22. The van der Waals surface area contributed by atoms with Gasteiger partial charge < -0.3 is 10.6 Å². The first-order valence-corrected chi connectivity index (χ1v) is 8.06. The SMILES string of the molecule is Cc1ccc(C(=O)NCCNC2CCN3CCCC23)cc1. The maximum absolute atomic E-state index is 12.0. The van der Waals surface area contributed by atoms with E-state index in [2.05, 4.69) is 15.5 Å². The maximum atomic E-state index is 12.0. The molecular weight excluding hydrogens is 262 g/mol. The third-order valence-electron chi connectivity index (χ3n) is 4.74. The van der Waals surface area contributed by atoms with E-state index in [-0.39, 0.29) is 5.91 Å². The van der Waals surface area contributed by atoms with Gasteiger partial charge in [-0.05, 0) is 44.9 Å². The number of hydrogen-bond acceptors (Lipinski definition) is 3. The van der Waals surface area contributed by atoms with Crippen LogP contribution < -0.4 is 10.6 Å². The zero-order chi connectivity index (χ0) is 14.7. The number of benzene rings is 1. The van der Waals surface area contributed by atoms with Gasteiger partial charge in [0.25, 0.3) is 5.91 Å². The molecule has 4 nitrogen and oxygen atoms in total. The van der Waals surface area contributed by atoms with Gasteiger partial charge >= 0.3 is 0 Å². The minimum atomic E-state index is 0.0192. The summed E-state index contributed by atoms with van der Waals surface area (Å²) in [6.07, 6.45) is 3.91. The lowest BCUT2D eigenvalue weighted by Gasteiger charge is -2.21. The monoisotopic (exact) mass is 287 g/mol. The van der Waals surface area contributed by atoms with Crippen molar-refractivity contribution in [3.63, 3.8) is 0 Å². The third-order valence-corrected chi connectivity index (χ3v) is 4.74. The van der Waals surface area contributed by atoms with E-state index in [0.29, 0.717) is 12.6 Å². The van der Waals surface area contributed by atoms with Crippen LogP contribution in [0.3, 0.4) is 0 Å². The van der Waals surface area contributed by atoms with Gasteiger partial charge in [-0.25, -0.2) is 0 Å². The number of rotatable bonds is 5. The zero-order valence-electron chi connectivity index (χ0n) is 12.8. The van der Waals surface area contributed by atoms with Gasteiger partial charge in [-0.3, -0.25) is 9.69 Å². The summed E-state index contributed by atoms with van der Waals surface area (Å²) < 4.78 is 0. The van der Waals surface area contributed by atoms with Crippen LogP contribution in [0.25, 0.3) is 0 Å². The molecule has 1 aromatic rings. The third kappa shape index (κ3) is 3.44. The summed E-state index contributed by atoms with van der Waals surface area (Å²) in [6.45, 7) is 6.08. The van der Waals surface area contributed by atoms with Gasteiger partial charge in [0, 0.05) is 37.3 Å². The van der Waals surface area contributed by atoms with Crippen molar-refractivity contribution in [1.82, 2.24) is 15.5 Å². The Bertz CT molecular complexity index is 485. The van der Waals surface area contributed by atoms with Gasteiger partial charge in [0.15, 0.2) is 0 Å². The molecule has 0 aliphatic carbocycles. The van der Waals surface area contributed by atoms with Crippen LogP contribution in [0, 0.1) is 6.92 Å². The number of nitrogens with zero attached hydrogens (tertiary/aromatic N) is 1. The van der Waals surface area contributed by atoms with Gasteiger partial charge in [-0.1, -0.05) is 17.7 Å². The fourth-order valence-corrected chi connectivity index (χ4v) is 3.56. The highest BCUT2D eigenvalue weighted by Gasteiger charge is 2.36. The van der Waals surface area contributed by atoms with Crippen molar-refractivity contribution in [2.24, 2.45) is 0 Å². The van der Waals surface area contributed by atoms with Crippen LogP contribution in [0.5, 0.6) is 0 Å². The Morgan fingerprint density at radius 2 is 2.00 bits per heavy atom. The number of fused-ring (bicyclic) bond motifs is 1. The lowest BCUT2D eigenvalue weighted by molar-refractivity contribution is 0.0953. The number of amides is 1. The number of nitrogens with one attached hydrogen (secondary N) is 2. The summed E-state index contributed by atoms with van der Waals surface area (Å²) in [5.74, 6) is 0.0192. The molecule has 1 aromatic carbocycles. The van der Waals surface area contributed by atoms with E-state index >= 15 is 0 Å². The predicted octanol–water partition coefficient (Wildman–Crippen LogP) is 1.55. The molecule has 0 saturated carbocycles. The van der Waals surface area contributed by atoms with Gasteiger partial charge in [0.1, 0.15) is 0 Å². The quantitative estimate of drug-likeness (QED) is 0.808. The predicted molar refractivity (Wildman–Crippen MR) is 84.5 cm³/mol. The number of carbonyl (C=O) groups is 1. The van der Waals surface area contributed by atoms with E-state index in [1.165, 1.54) is 37.9 Å². The van der Waals surface area contributed by atoms with E-state index in [4.69, 9.17) is 0 Å². The minimum absolute atomic E-state index is 0.0192. The van der Waals surface area contributed by atoms with E-state index in [1.54, 1.807) is 0 Å². The van der Waals surface area contributed by atoms with Crippen molar-refractivity contribution in [1.29, 1.82) is 0 Å². The Hall–Kier alpha value is -1.39. The molecule has 4 heteroatoms. The number of hydrogen-bond donors (Lipinski definition) is 2. The van der Waals surface area contributed by atoms with Crippen LogP contribution in [-0.2, 0) is 0 Å². The van der Waals surface area contributed by atoms with Crippen molar-refractivity contribution < 1.29 is 4.79 Å². The molecule has 2 N–H and O–H groups in total. The molecule has 2 aliphatic rings. The van der Waals surface area contributed by atoms with Crippen LogP contribution in [0.2, 0.25) is 0 Å². The molecular formula is C17H25N3O. The van der Waals surface area contributed by atoms with E-state index < -0.39 is 0 Å². The summed E-state index contributed by atoms with van der Waals surface area (Å²) >= 11 is 0. The average Bonchev–Trinajstić information content (AvgIpc) is 3.08. The Morgan fingerprint density at radius 3 is 2.81 bits per heavy atom. The minimum Gasteiger partial charge on any atom is -0.351 e. The fourth-order valence-electron chi connectivity index (χ4n) is 3.56. The van der Waals surface area contributed by atoms with E-state index in [9.17, 15) is 4.79 Å². The molecule has 0 aromatic heterocycles. The lowest BCUT2D eigenvalue weighted by Crippen LogP contribution is -2.42. The summed E-state index contributed by atoms with van der Waals surface area (Å²) in [7, 11) is 0. The molecule has 3 rings (SSSR count). The number of carbonyl (C=O) groups excluding carboxylic acids is 1. The normalized spacial score (nSPS) is 25.0. The number of aryl methyl sites for hydroxylation is 1. The molecule has 2 heterocycles. The van der Waals surface area contributed by atoms with Gasteiger partial charge in [0.05, 0.1) is 0 Å². The lowest BCUT2D eigenvalue weighted by atomic mass is 10.1. The van der Waals surface area contributed by atoms with Crippen molar-refractivity contribution in [3.05, 3.63) is 35.4 Å². The highest BCUT2D eigenvalue weighted by atomic mass is 16.1. The molecule has 0 bridgehead atoms. The Morgan fingerprint density at radius 1 is 1.19 bits per heavy atom. The molecule has 0 radical (unpaired) electrons. The first-order chi connectivity index (χ1) is 10.2. The first kappa shape index (κ1) is 14.5. The molecule has 21 heavy (non-hydrogen) atoms. The summed E-state index contributed by atoms with van der Waals surface area (Å²) in [4.78, 5) is 14.6. The van der Waals surface area contributed by atoms with Gasteiger partial charge in [0.2, 0.25) is 0 Å². The molecule has 114 valence electrons. The summed E-state index contributed by atoms with van der Waals surface area (Å²) in [6, 6.07) is 9.05. The van der Waals surface area contributed by atoms with Crippen molar-refractivity contribution in [2.75, 3.05) is 26.2 Å². The average molecular weight is 287 g/mol. The highest BCUT2D eigenvalue weighted by Crippen LogP contribution is 2.27. The Balaban J connectivity index is 1.38. The van der Waals surface area contributed by atoms with E-state index in [1.807, 2.05) is 31.2 Å². The Labute approximate surface area is 126 Å². The van der Waals surface area contributed by atoms with Crippen LogP contribution in [0.15, 0.2) is 24.3 Å². The fraction of sp³-hybridized carbons (Fsp3) is 0.588. The molecule has 2 unspecified atom stereocenters. The molecule has 2 aliphatic heterocycles. The standard InChI is InChI=1S/C17H25N3O/c1-13-4-6-14(7-5-13)17(21)19-10-9-18-15-8-12-20-11-2-3-16(15)20/h4-7,15-16,18H,2-3,8-12H2,1H3,(H,19,21). The molecule has 1 amide bonds. The smallest absolute Gasteiger partial charge is 0.251 e. The van der Waals surface area contributed by atoms with Crippen molar-refractivity contribution in [2.45, 2.75) is 38.3 Å². The summed E-state index contributed by atoms with van der Waals surface area (Å²) in [5.41, 5.74) is 1.92. The Kier molecular flexibility index (Phi) is 4.56. The largest absolute Gasteiger partial charge is 0.351 e. The molecule has 0 spiro atoms. The second kappa shape index (κ2) is 6.58. The van der Waals surface area contributed by atoms with Gasteiger partial charge in [-0.2, -0.15) is 0 Å².